The summed E-state index contributed by atoms with van der Waals surface area (Å²) >= 11 is 0. The molecule has 1 amide bonds. The average molecular weight is 473 g/mol. The number of carboxylic acid groups (broad SMARTS) is 2. The van der Waals surface area contributed by atoms with E-state index < -0.39 is 11.9 Å². The van der Waals surface area contributed by atoms with Crippen LogP contribution in [-0.4, -0.2) is 82.6 Å². The van der Waals surface area contributed by atoms with E-state index in [2.05, 4.69) is 48.1 Å². The van der Waals surface area contributed by atoms with Gasteiger partial charge in [0, 0.05) is 37.3 Å². The van der Waals surface area contributed by atoms with Gasteiger partial charge in [0.2, 0.25) is 5.91 Å². The number of pyridine rings is 1. The van der Waals surface area contributed by atoms with Gasteiger partial charge in [-0.25, -0.2) is 9.59 Å². The van der Waals surface area contributed by atoms with Crippen LogP contribution in [0.15, 0.2) is 24.3 Å². The van der Waals surface area contributed by atoms with Gasteiger partial charge in [0.25, 0.3) is 0 Å². The van der Waals surface area contributed by atoms with Crippen LogP contribution < -0.4 is 5.32 Å². The number of hydrogen-bond acceptors (Lipinski definition) is 6. The number of unbranched alkanes of at least 4 members (excludes halogenated alkanes) is 1. The second kappa shape index (κ2) is 13.6. The van der Waals surface area contributed by atoms with E-state index in [1.807, 2.05) is 12.1 Å². The van der Waals surface area contributed by atoms with Gasteiger partial charge in [-0.2, -0.15) is 0 Å². The molecule has 1 fully saturated rings. The Morgan fingerprint density at radius 2 is 1.62 bits per heavy atom. The number of para-hydroxylation sites is 1. The van der Waals surface area contributed by atoms with Crippen molar-refractivity contribution in [1.29, 1.82) is 0 Å². The quantitative estimate of drug-likeness (QED) is 0.501. The zero-order valence-electron chi connectivity index (χ0n) is 20.3. The van der Waals surface area contributed by atoms with Crippen LogP contribution in [-0.2, 0) is 27.2 Å². The van der Waals surface area contributed by atoms with Crippen molar-refractivity contribution >= 4 is 34.4 Å². The van der Waals surface area contributed by atoms with Gasteiger partial charge < -0.3 is 20.4 Å². The Balaban J connectivity index is 0.000000604. The molecule has 3 rings (SSSR count). The molecule has 0 spiro atoms. The van der Waals surface area contributed by atoms with Crippen LogP contribution in [0.2, 0.25) is 0 Å². The van der Waals surface area contributed by atoms with Crippen LogP contribution in [0, 0.1) is 0 Å². The molecule has 0 radical (unpaired) electrons. The average Bonchev–Trinajstić information content (AvgIpc) is 2.81. The van der Waals surface area contributed by atoms with Crippen LogP contribution in [0.1, 0.15) is 44.4 Å². The van der Waals surface area contributed by atoms with Crippen molar-refractivity contribution < 1.29 is 24.6 Å². The van der Waals surface area contributed by atoms with Gasteiger partial charge >= 0.3 is 11.9 Å². The van der Waals surface area contributed by atoms with E-state index in [0.717, 1.165) is 80.6 Å². The maximum Gasteiger partial charge on any atom is 0.414 e. The molecule has 0 atom stereocenters. The van der Waals surface area contributed by atoms with Gasteiger partial charge in [-0.05, 0) is 37.9 Å². The van der Waals surface area contributed by atoms with E-state index >= 15 is 0 Å². The predicted molar refractivity (Wildman–Crippen MR) is 132 cm³/mol. The molecule has 0 saturated carbocycles. The summed E-state index contributed by atoms with van der Waals surface area (Å²) in [4.78, 5) is 40.6. The van der Waals surface area contributed by atoms with Crippen LogP contribution in [0.5, 0.6) is 0 Å². The summed E-state index contributed by atoms with van der Waals surface area (Å²) in [6.45, 7) is 8.80. The highest BCUT2D eigenvalue weighted by atomic mass is 16.4. The number of aromatic nitrogens is 1. The highest BCUT2D eigenvalue weighted by Crippen LogP contribution is 2.30. The Kier molecular flexibility index (Phi) is 10.9. The molecule has 0 aliphatic carbocycles. The summed E-state index contributed by atoms with van der Waals surface area (Å²) in [5.41, 5.74) is 4.33. The normalized spacial score (nSPS) is 14.3. The number of anilines is 1. The Morgan fingerprint density at radius 3 is 2.21 bits per heavy atom. The SMILES string of the molecule is CCCCc1nc2ccccc2c(NC(=O)CN2CCN(C)CC2)c1CCC.O=C(O)C(=O)O. The molecular weight excluding hydrogens is 436 g/mol. The number of aryl methyl sites for hydroxylation is 1. The van der Waals surface area contributed by atoms with Gasteiger partial charge in [0.05, 0.1) is 17.7 Å². The number of benzene rings is 1. The van der Waals surface area contributed by atoms with Gasteiger partial charge in [-0.3, -0.25) is 14.7 Å². The molecule has 186 valence electrons. The lowest BCUT2D eigenvalue weighted by atomic mass is 9.98. The van der Waals surface area contributed by atoms with Crippen molar-refractivity contribution in [2.75, 3.05) is 45.1 Å². The minimum absolute atomic E-state index is 0.0831. The first-order valence-electron chi connectivity index (χ1n) is 11.8. The van der Waals surface area contributed by atoms with E-state index in [4.69, 9.17) is 24.8 Å². The fraction of sp³-hybridized carbons (Fsp3) is 0.520. The van der Waals surface area contributed by atoms with Gasteiger partial charge in [-0.1, -0.05) is 44.9 Å². The highest BCUT2D eigenvalue weighted by molar-refractivity contribution is 6.27. The first-order chi connectivity index (χ1) is 16.3. The molecule has 0 unspecified atom stereocenters. The third kappa shape index (κ3) is 8.07. The zero-order chi connectivity index (χ0) is 25.1. The van der Waals surface area contributed by atoms with Gasteiger partial charge in [0.15, 0.2) is 0 Å². The number of nitrogens with zero attached hydrogens (tertiary/aromatic N) is 3. The summed E-state index contributed by atoms with van der Waals surface area (Å²) in [6, 6.07) is 8.18. The fourth-order valence-corrected chi connectivity index (χ4v) is 3.90. The molecule has 9 nitrogen and oxygen atoms in total. The number of carbonyl (C=O) groups is 3. The first-order valence-corrected chi connectivity index (χ1v) is 11.8. The van der Waals surface area contributed by atoms with Crippen molar-refractivity contribution in [2.24, 2.45) is 0 Å². The molecule has 1 aromatic carbocycles. The highest BCUT2D eigenvalue weighted by Gasteiger charge is 2.20. The maximum atomic E-state index is 12.9. The van der Waals surface area contributed by atoms with Crippen LogP contribution >= 0.6 is 0 Å². The molecule has 2 heterocycles. The second-order valence-corrected chi connectivity index (χ2v) is 8.52. The Bertz CT molecular complexity index is 975. The van der Waals surface area contributed by atoms with Gasteiger partial charge in [-0.15, -0.1) is 0 Å². The molecule has 1 aromatic heterocycles. The van der Waals surface area contributed by atoms with E-state index in [9.17, 15) is 4.79 Å². The molecular formula is C25H36N4O5. The summed E-state index contributed by atoms with van der Waals surface area (Å²) < 4.78 is 0. The minimum atomic E-state index is -1.82. The molecule has 1 aliphatic rings. The van der Waals surface area contributed by atoms with Crippen molar-refractivity contribution in [1.82, 2.24) is 14.8 Å². The lowest BCUT2D eigenvalue weighted by molar-refractivity contribution is -0.159. The minimum Gasteiger partial charge on any atom is -0.473 e. The molecule has 9 heteroatoms. The van der Waals surface area contributed by atoms with E-state index in [1.54, 1.807) is 0 Å². The lowest BCUT2D eigenvalue weighted by Crippen LogP contribution is -2.47. The molecule has 1 aliphatic heterocycles. The Morgan fingerprint density at radius 1 is 0.971 bits per heavy atom. The van der Waals surface area contributed by atoms with Gasteiger partial charge in [0.1, 0.15) is 0 Å². The van der Waals surface area contributed by atoms with Crippen molar-refractivity contribution in [3.8, 4) is 0 Å². The number of piperazine rings is 1. The number of aliphatic carboxylic acids is 2. The monoisotopic (exact) mass is 472 g/mol. The molecule has 3 N–H and O–H groups in total. The standard InChI is InChI=1S/C23H34N4O.C2H2O4/c1-4-6-11-20-18(9-5-2)23(19-10-7-8-12-21(19)24-20)25-22(28)17-27-15-13-26(3)14-16-27;3-1(4)2(5)6/h7-8,10,12H,4-6,9,11,13-17H2,1-3H3,(H,24,25,28);(H,3,4)(H,5,6). The van der Waals surface area contributed by atoms with E-state index in [-0.39, 0.29) is 5.91 Å². The summed E-state index contributed by atoms with van der Waals surface area (Å²) in [7, 11) is 2.13. The number of fused-ring (bicyclic) bond motifs is 1. The number of hydrogen-bond donors (Lipinski definition) is 3. The number of amides is 1. The van der Waals surface area contributed by atoms with Crippen LogP contribution in [0.4, 0.5) is 5.69 Å². The third-order valence-corrected chi connectivity index (χ3v) is 5.76. The Hall–Kier alpha value is -3.04. The molecule has 34 heavy (non-hydrogen) atoms. The third-order valence-electron chi connectivity index (χ3n) is 5.76. The Labute approximate surface area is 200 Å². The second-order valence-electron chi connectivity index (χ2n) is 8.52. The van der Waals surface area contributed by atoms with E-state index in [1.165, 1.54) is 5.56 Å². The largest absolute Gasteiger partial charge is 0.473 e. The molecule has 1 saturated heterocycles. The first kappa shape index (κ1) is 27.2. The molecule has 0 bridgehead atoms. The number of carbonyl (C=O) groups excluding carboxylic acids is 1. The number of likely N-dealkylation sites (N-methyl/N-ethyl adjacent to an activating group) is 1. The summed E-state index contributed by atoms with van der Waals surface area (Å²) in [6.07, 6.45) is 5.22. The number of nitrogens with one attached hydrogen (secondary N) is 1. The molecule has 2 aromatic rings. The predicted octanol–water partition coefficient (Wildman–Crippen LogP) is 2.87. The summed E-state index contributed by atoms with van der Waals surface area (Å²) in [5, 5.41) is 19.1. The van der Waals surface area contributed by atoms with Crippen LogP contribution in [0.3, 0.4) is 0 Å². The van der Waals surface area contributed by atoms with Crippen molar-refractivity contribution in [3.05, 3.63) is 35.5 Å². The number of rotatable bonds is 8. The zero-order valence-corrected chi connectivity index (χ0v) is 20.3. The summed E-state index contributed by atoms with van der Waals surface area (Å²) in [5.74, 6) is -3.57. The van der Waals surface area contributed by atoms with E-state index in [0.29, 0.717) is 6.54 Å². The number of carboxylic acids is 2. The maximum absolute atomic E-state index is 12.9. The van der Waals surface area contributed by atoms with Crippen LogP contribution in [0.25, 0.3) is 10.9 Å². The lowest BCUT2D eigenvalue weighted by Gasteiger charge is -2.31. The van der Waals surface area contributed by atoms with Crippen molar-refractivity contribution in [2.45, 2.75) is 46.0 Å². The van der Waals surface area contributed by atoms with Crippen molar-refractivity contribution in [3.63, 3.8) is 0 Å². The smallest absolute Gasteiger partial charge is 0.414 e. The topological polar surface area (TPSA) is 123 Å². The fourth-order valence-electron chi connectivity index (χ4n) is 3.90.